The molecule has 2 N–H and O–H groups in total. The van der Waals surface area contributed by atoms with Crippen LogP contribution in [0, 0.1) is 0 Å². The summed E-state index contributed by atoms with van der Waals surface area (Å²) in [5.41, 5.74) is 1.29. The summed E-state index contributed by atoms with van der Waals surface area (Å²) in [6.45, 7) is 0.326. The van der Waals surface area contributed by atoms with E-state index in [0.717, 1.165) is 5.56 Å². The minimum atomic E-state index is -0.877. The molecule has 2 aromatic rings. The molecule has 0 unspecified atom stereocenters. The van der Waals surface area contributed by atoms with Gasteiger partial charge in [0.25, 0.3) is 0 Å². The molecule has 1 heterocycles. The number of rotatable bonds is 7. The van der Waals surface area contributed by atoms with Crippen molar-refractivity contribution in [2.24, 2.45) is 0 Å². The SMILES string of the molecule is O=C(O)CCCNC(=O)Cc1coc(-c2ccc(Cl)cc2)n1. The van der Waals surface area contributed by atoms with Crippen molar-refractivity contribution in [2.75, 3.05) is 6.54 Å². The molecule has 0 saturated carbocycles. The van der Waals surface area contributed by atoms with Gasteiger partial charge in [-0.3, -0.25) is 9.59 Å². The topological polar surface area (TPSA) is 92.4 Å². The van der Waals surface area contributed by atoms with Crippen molar-refractivity contribution in [1.82, 2.24) is 10.3 Å². The molecule has 7 heteroatoms. The van der Waals surface area contributed by atoms with Gasteiger partial charge in [0.05, 0.1) is 12.1 Å². The number of oxazole rings is 1. The summed E-state index contributed by atoms with van der Waals surface area (Å²) in [6.07, 6.45) is 1.95. The average molecular weight is 323 g/mol. The minimum Gasteiger partial charge on any atom is -0.481 e. The molecule has 1 aromatic carbocycles. The van der Waals surface area contributed by atoms with Gasteiger partial charge in [0.2, 0.25) is 11.8 Å². The van der Waals surface area contributed by atoms with Crippen molar-refractivity contribution in [2.45, 2.75) is 19.3 Å². The van der Waals surface area contributed by atoms with Crippen LogP contribution in [0.2, 0.25) is 5.02 Å². The maximum atomic E-state index is 11.7. The van der Waals surface area contributed by atoms with Crippen molar-refractivity contribution in [3.63, 3.8) is 0 Å². The summed E-state index contributed by atoms with van der Waals surface area (Å²) in [7, 11) is 0. The number of nitrogens with zero attached hydrogens (tertiary/aromatic N) is 1. The fraction of sp³-hybridized carbons (Fsp3) is 0.267. The third kappa shape index (κ3) is 4.89. The fourth-order valence-electron chi connectivity index (χ4n) is 1.81. The molecule has 0 spiro atoms. The quantitative estimate of drug-likeness (QED) is 0.764. The molecule has 0 saturated heterocycles. The maximum Gasteiger partial charge on any atom is 0.303 e. The van der Waals surface area contributed by atoms with Gasteiger partial charge in [-0.1, -0.05) is 11.6 Å². The lowest BCUT2D eigenvalue weighted by Gasteiger charge is -2.01. The zero-order valence-electron chi connectivity index (χ0n) is 11.7. The maximum absolute atomic E-state index is 11.7. The van der Waals surface area contributed by atoms with Crippen LogP contribution in [0.15, 0.2) is 34.9 Å². The van der Waals surface area contributed by atoms with Gasteiger partial charge in [0, 0.05) is 23.6 Å². The van der Waals surface area contributed by atoms with Crippen LogP contribution in [-0.4, -0.2) is 28.5 Å². The van der Waals surface area contributed by atoms with E-state index in [1.54, 1.807) is 24.3 Å². The van der Waals surface area contributed by atoms with E-state index in [9.17, 15) is 9.59 Å². The van der Waals surface area contributed by atoms with E-state index in [1.807, 2.05) is 0 Å². The van der Waals surface area contributed by atoms with E-state index in [0.29, 0.717) is 29.6 Å². The van der Waals surface area contributed by atoms with Gasteiger partial charge in [-0.15, -0.1) is 0 Å². The second kappa shape index (κ2) is 7.61. The number of carbonyl (C=O) groups is 2. The molecule has 0 aliphatic rings. The van der Waals surface area contributed by atoms with Gasteiger partial charge in [-0.25, -0.2) is 4.98 Å². The number of amides is 1. The highest BCUT2D eigenvalue weighted by Crippen LogP contribution is 2.20. The Morgan fingerprint density at radius 3 is 2.68 bits per heavy atom. The number of halogens is 1. The molecule has 1 amide bonds. The molecule has 0 bridgehead atoms. The standard InChI is InChI=1S/C15H15ClN2O4/c16-11-5-3-10(4-6-11)15-18-12(9-22-15)8-13(19)17-7-1-2-14(20)21/h3-6,9H,1-2,7-8H2,(H,17,19)(H,20,21). The minimum absolute atomic E-state index is 0.0327. The molecule has 0 radical (unpaired) electrons. The molecule has 6 nitrogen and oxygen atoms in total. The molecule has 0 aliphatic heterocycles. The summed E-state index contributed by atoms with van der Waals surface area (Å²) in [4.78, 5) is 26.3. The molecule has 0 fully saturated rings. The molecule has 2 rings (SSSR count). The Balaban J connectivity index is 1.85. The molecular formula is C15H15ClN2O4. The number of hydrogen-bond donors (Lipinski definition) is 2. The van der Waals surface area contributed by atoms with Crippen molar-refractivity contribution < 1.29 is 19.1 Å². The van der Waals surface area contributed by atoms with Crippen molar-refractivity contribution in [3.8, 4) is 11.5 Å². The van der Waals surface area contributed by atoms with Gasteiger partial charge in [-0.2, -0.15) is 0 Å². The van der Waals surface area contributed by atoms with E-state index in [1.165, 1.54) is 6.26 Å². The summed E-state index contributed by atoms with van der Waals surface area (Å²) in [6, 6.07) is 7.03. The van der Waals surface area contributed by atoms with Crippen LogP contribution in [0.5, 0.6) is 0 Å². The van der Waals surface area contributed by atoms with E-state index >= 15 is 0 Å². The van der Waals surface area contributed by atoms with Gasteiger partial charge in [0.1, 0.15) is 6.26 Å². The monoisotopic (exact) mass is 322 g/mol. The molecule has 22 heavy (non-hydrogen) atoms. The molecule has 0 atom stereocenters. The van der Waals surface area contributed by atoms with Crippen molar-refractivity contribution in [3.05, 3.63) is 41.2 Å². The highest BCUT2D eigenvalue weighted by Gasteiger charge is 2.10. The zero-order chi connectivity index (χ0) is 15.9. The Morgan fingerprint density at radius 1 is 1.27 bits per heavy atom. The lowest BCUT2D eigenvalue weighted by atomic mass is 10.2. The lowest BCUT2D eigenvalue weighted by Crippen LogP contribution is -2.26. The van der Waals surface area contributed by atoms with Crippen LogP contribution in [0.25, 0.3) is 11.5 Å². The van der Waals surface area contributed by atoms with Gasteiger partial charge in [0.15, 0.2) is 0 Å². The van der Waals surface area contributed by atoms with Crippen molar-refractivity contribution in [1.29, 1.82) is 0 Å². The highest BCUT2D eigenvalue weighted by molar-refractivity contribution is 6.30. The van der Waals surface area contributed by atoms with Crippen LogP contribution >= 0.6 is 11.6 Å². The fourth-order valence-corrected chi connectivity index (χ4v) is 1.93. The number of carboxylic acids is 1. The third-order valence-corrected chi connectivity index (χ3v) is 3.13. The molecular weight excluding hydrogens is 308 g/mol. The van der Waals surface area contributed by atoms with Gasteiger partial charge in [-0.05, 0) is 30.7 Å². The summed E-state index contributed by atoms with van der Waals surface area (Å²) in [5, 5.41) is 11.8. The Kier molecular flexibility index (Phi) is 5.55. The predicted molar refractivity (Wildman–Crippen MR) is 80.5 cm³/mol. The van der Waals surface area contributed by atoms with E-state index < -0.39 is 5.97 Å². The van der Waals surface area contributed by atoms with E-state index in [2.05, 4.69) is 10.3 Å². The number of benzene rings is 1. The largest absolute Gasteiger partial charge is 0.481 e. The number of nitrogens with one attached hydrogen (secondary N) is 1. The normalized spacial score (nSPS) is 10.4. The van der Waals surface area contributed by atoms with Crippen LogP contribution in [0.4, 0.5) is 0 Å². The Bertz CT molecular complexity index is 652. The first-order valence-corrected chi connectivity index (χ1v) is 7.11. The van der Waals surface area contributed by atoms with E-state index in [-0.39, 0.29) is 18.7 Å². The first kappa shape index (κ1) is 16.0. The first-order chi connectivity index (χ1) is 10.5. The Labute approximate surface area is 132 Å². The number of carbonyl (C=O) groups excluding carboxylic acids is 1. The number of hydrogen-bond acceptors (Lipinski definition) is 4. The van der Waals surface area contributed by atoms with Gasteiger partial charge >= 0.3 is 5.97 Å². The number of aliphatic carboxylic acids is 1. The predicted octanol–water partition coefficient (Wildman–Crippen LogP) is 2.52. The Morgan fingerprint density at radius 2 is 2.00 bits per heavy atom. The second-order valence-electron chi connectivity index (χ2n) is 4.67. The summed E-state index contributed by atoms with van der Waals surface area (Å²) < 4.78 is 5.34. The first-order valence-electron chi connectivity index (χ1n) is 6.73. The number of carboxylic acid groups (broad SMARTS) is 1. The van der Waals surface area contributed by atoms with Crippen LogP contribution in [0.1, 0.15) is 18.5 Å². The second-order valence-corrected chi connectivity index (χ2v) is 5.11. The molecule has 0 aliphatic carbocycles. The number of aromatic nitrogens is 1. The van der Waals surface area contributed by atoms with Crippen LogP contribution < -0.4 is 5.32 Å². The summed E-state index contributed by atoms with van der Waals surface area (Å²) in [5.74, 6) is -0.676. The van der Waals surface area contributed by atoms with Crippen LogP contribution in [-0.2, 0) is 16.0 Å². The highest BCUT2D eigenvalue weighted by atomic mass is 35.5. The Hall–Kier alpha value is -2.34. The summed E-state index contributed by atoms with van der Waals surface area (Å²) >= 11 is 5.81. The smallest absolute Gasteiger partial charge is 0.303 e. The molecule has 116 valence electrons. The van der Waals surface area contributed by atoms with Crippen LogP contribution in [0.3, 0.4) is 0 Å². The lowest BCUT2D eigenvalue weighted by molar-refractivity contribution is -0.137. The average Bonchev–Trinajstić information content (AvgIpc) is 2.92. The van der Waals surface area contributed by atoms with Gasteiger partial charge < -0.3 is 14.8 Å². The molecule has 1 aromatic heterocycles. The third-order valence-electron chi connectivity index (χ3n) is 2.87. The zero-order valence-corrected chi connectivity index (χ0v) is 12.5. The van der Waals surface area contributed by atoms with E-state index in [4.69, 9.17) is 21.1 Å². The van der Waals surface area contributed by atoms with Crippen molar-refractivity contribution >= 4 is 23.5 Å².